The molecule has 2 aromatic rings. The summed E-state index contributed by atoms with van der Waals surface area (Å²) in [5, 5.41) is 2.71. The second-order valence-corrected chi connectivity index (χ2v) is 5.35. The Morgan fingerprint density at radius 2 is 2.09 bits per heavy atom. The number of rotatable bonds is 4. The first-order chi connectivity index (χ1) is 11.1. The number of hydrogen-bond acceptors (Lipinski definition) is 4. The Morgan fingerprint density at radius 3 is 2.87 bits per heavy atom. The second-order valence-electron chi connectivity index (χ2n) is 5.35. The van der Waals surface area contributed by atoms with Crippen molar-refractivity contribution in [1.82, 2.24) is 9.88 Å². The summed E-state index contributed by atoms with van der Waals surface area (Å²) in [5.74, 6) is 0.0908. The van der Waals surface area contributed by atoms with Gasteiger partial charge in [-0.25, -0.2) is 0 Å². The molecule has 1 N–H and O–H groups in total. The number of pyridine rings is 1. The normalized spacial score (nSPS) is 12.8. The molecule has 6 heteroatoms. The molecule has 1 aromatic heterocycles. The van der Waals surface area contributed by atoms with Gasteiger partial charge in [-0.15, -0.1) is 0 Å². The van der Waals surface area contributed by atoms with Gasteiger partial charge in [0.2, 0.25) is 0 Å². The number of para-hydroxylation sites is 1. The van der Waals surface area contributed by atoms with Gasteiger partial charge >= 0.3 is 0 Å². The fourth-order valence-corrected chi connectivity index (χ4v) is 2.44. The molecule has 2 amide bonds. The van der Waals surface area contributed by atoms with Gasteiger partial charge in [-0.3, -0.25) is 14.6 Å². The number of hydrogen-bond donors (Lipinski definition) is 1. The fraction of sp³-hybridized carbons (Fsp3) is 0.235. The van der Waals surface area contributed by atoms with Gasteiger partial charge in [0.05, 0.1) is 11.3 Å². The number of amides is 2. The van der Waals surface area contributed by atoms with E-state index in [0.717, 1.165) is 12.0 Å². The van der Waals surface area contributed by atoms with Crippen LogP contribution in [-0.2, 0) is 11.2 Å². The number of ether oxygens (including phenoxy) is 1. The minimum absolute atomic E-state index is 0.0714. The van der Waals surface area contributed by atoms with Crippen LogP contribution in [0.3, 0.4) is 0 Å². The summed E-state index contributed by atoms with van der Waals surface area (Å²) in [7, 11) is 1.75. The molecule has 0 atom stereocenters. The van der Waals surface area contributed by atoms with E-state index in [1.165, 1.54) is 0 Å². The van der Waals surface area contributed by atoms with Crippen molar-refractivity contribution in [2.45, 2.75) is 6.42 Å². The third kappa shape index (κ3) is 3.31. The van der Waals surface area contributed by atoms with E-state index in [-0.39, 0.29) is 18.4 Å². The van der Waals surface area contributed by atoms with Crippen molar-refractivity contribution in [2.24, 2.45) is 0 Å². The molecule has 1 aliphatic rings. The lowest BCUT2D eigenvalue weighted by Crippen LogP contribution is -2.31. The van der Waals surface area contributed by atoms with Gasteiger partial charge in [0.15, 0.2) is 12.4 Å². The molecule has 6 nitrogen and oxygen atoms in total. The summed E-state index contributed by atoms with van der Waals surface area (Å²) >= 11 is 0. The van der Waals surface area contributed by atoms with Crippen molar-refractivity contribution < 1.29 is 14.3 Å². The highest BCUT2D eigenvalue weighted by Gasteiger charge is 2.24. The monoisotopic (exact) mass is 311 g/mol. The first-order valence-corrected chi connectivity index (χ1v) is 7.35. The molecule has 23 heavy (non-hydrogen) atoms. The van der Waals surface area contributed by atoms with E-state index in [9.17, 15) is 9.59 Å². The third-order valence-electron chi connectivity index (χ3n) is 3.70. The molecule has 1 aliphatic heterocycles. The molecule has 1 aromatic carbocycles. The van der Waals surface area contributed by atoms with Crippen LogP contribution in [0.4, 0.5) is 5.69 Å². The van der Waals surface area contributed by atoms with Crippen LogP contribution in [0.2, 0.25) is 0 Å². The molecular weight excluding hydrogens is 294 g/mol. The Balaban J connectivity index is 1.73. The van der Waals surface area contributed by atoms with E-state index in [0.29, 0.717) is 23.5 Å². The number of nitrogens with one attached hydrogen (secondary N) is 1. The third-order valence-corrected chi connectivity index (χ3v) is 3.70. The number of carbonyl (C=O) groups excluding carboxylic acids is 2. The SMILES string of the molecule is CN(CCc1ccncc1)C(=O)c1cccc2c1OCC(=O)N2. The molecular formula is C17H17N3O3. The maximum absolute atomic E-state index is 12.6. The standard InChI is InChI=1S/C17H17N3O3/c1-20(10-7-12-5-8-18-9-6-12)17(22)13-3-2-4-14-16(13)23-11-15(21)19-14/h2-6,8-9H,7,10-11H2,1H3,(H,19,21). The van der Waals surface area contributed by atoms with Gasteiger partial charge in [0.25, 0.3) is 11.8 Å². The number of likely N-dealkylation sites (N-methyl/N-ethyl adjacent to an activating group) is 1. The zero-order chi connectivity index (χ0) is 16.2. The van der Waals surface area contributed by atoms with Crippen LogP contribution in [0.5, 0.6) is 5.75 Å². The van der Waals surface area contributed by atoms with Gasteiger partial charge in [0.1, 0.15) is 0 Å². The van der Waals surface area contributed by atoms with Crippen LogP contribution in [0.25, 0.3) is 0 Å². The minimum Gasteiger partial charge on any atom is -0.481 e. The quantitative estimate of drug-likeness (QED) is 0.933. The Bertz CT molecular complexity index is 731. The summed E-state index contributed by atoms with van der Waals surface area (Å²) < 4.78 is 5.43. The van der Waals surface area contributed by atoms with Gasteiger partial charge in [-0.05, 0) is 36.2 Å². The highest BCUT2D eigenvalue weighted by molar-refractivity contribution is 6.03. The van der Waals surface area contributed by atoms with Crippen LogP contribution in [0.15, 0.2) is 42.7 Å². The van der Waals surface area contributed by atoms with Gasteiger partial charge in [-0.2, -0.15) is 0 Å². The first kappa shape index (κ1) is 15.0. The molecule has 2 heterocycles. The van der Waals surface area contributed by atoms with E-state index in [1.807, 2.05) is 12.1 Å². The van der Waals surface area contributed by atoms with Crippen molar-refractivity contribution in [2.75, 3.05) is 25.5 Å². The summed E-state index contributed by atoms with van der Waals surface area (Å²) in [6, 6.07) is 9.03. The van der Waals surface area contributed by atoms with Crippen LogP contribution in [0.1, 0.15) is 15.9 Å². The average molecular weight is 311 g/mol. The molecule has 0 saturated heterocycles. The van der Waals surface area contributed by atoms with Gasteiger partial charge in [0, 0.05) is 26.0 Å². The van der Waals surface area contributed by atoms with Crippen molar-refractivity contribution in [3.8, 4) is 5.75 Å². The molecule has 3 rings (SSSR count). The zero-order valence-electron chi connectivity index (χ0n) is 12.8. The molecule has 0 spiro atoms. The lowest BCUT2D eigenvalue weighted by molar-refractivity contribution is -0.118. The van der Waals surface area contributed by atoms with E-state index in [1.54, 1.807) is 42.5 Å². The Hall–Kier alpha value is -2.89. The summed E-state index contributed by atoms with van der Waals surface area (Å²) in [6.45, 7) is 0.511. The van der Waals surface area contributed by atoms with Crippen LogP contribution < -0.4 is 10.1 Å². The Morgan fingerprint density at radius 1 is 1.30 bits per heavy atom. The first-order valence-electron chi connectivity index (χ1n) is 7.35. The number of benzene rings is 1. The molecule has 0 fully saturated rings. The van der Waals surface area contributed by atoms with E-state index in [4.69, 9.17) is 4.74 Å². The molecule has 0 radical (unpaired) electrons. The smallest absolute Gasteiger partial charge is 0.262 e. The highest BCUT2D eigenvalue weighted by atomic mass is 16.5. The number of anilines is 1. The number of nitrogens with zero attached hydrogens (tertiary/aromatic N) is 2. The number of carbonyl (C=O) groups is 2. The topological polar surface area (TPSA) is 71.5 Å². The predicted octanol–water partition coefficient (Wildman–Crippen LogP) is 1.73. The lowest BCUT2D eigenvalue weighted by atomic mass is 10.1. The fourth-order valence-electron chi connectivity index (χ4n) is 2.44. The maximum Gasteiger partial charge on any atom is 0.262 e. The average Bonchev–Trinajstić information content (AvgIpc) is 2.59. The van der Waals surface area contributed by atoms with Crippen molar-refractivity contribution in [3.05, 3.63) is 53.9 Å². The Labute approximate surface area is 134 Å². The van der Waals surface area contributed by atoms with E-state index < -0.39 is 0 Å². The lowest BCUT2D eigenvalue weighted by Gasteiger charge is -2.23. The largest absolute Gasteiger partial charge is 0.481 e. The predicted molar refractivity (Wildman–Crippen MR) is 85.5 cm³/mol. The second kappa shape index (κ2) is 6.48. The summed E-state index contributed by atoms with van der Waals surface area (Å²) in [4.78, 5) is 29.6. The molecule has 0 unspecified atom stereocenters. The van der Waals surface area contributed by atoms with Crippen LogP contribution in [0, 0.1) is 0 Å². The molecule has 118 valence electrons. The van der Waals surface area contributed by atoms with Crippen molar-refractivity contribution >= 4 is 17.5 Å². The minimum atomic E-state index is -0.215. The van der Waals surface area contributed by atoms with Gasteiger partial charge < -0.3 is 15.0 Å². The number of fused-ring (bicyclic) bond motifs is 1. The van der Waals surface area contributed by atoms with E-state index >= 15 is 0 Å². The molecule has 0 saturated carbocycles. The van der Waals surface area contributed by atoms with Crippen molar-refractivity contribution in [1.29, 1.82) is 0 Å². The summed E-state index contributed by atoms with van der Waals surface area (Å²) in [5.41, 5.74) is 2.12. The molecule has 0 bridgehead atoms. The molecule has 0 aliphatic carbocycles. The van der Waals surface area contributed by atoms with Gasteiger partial charge in [-0.1, -0.05) is 6.07 Å². The highest BCUT2D eigenvalue weighted by Crippen LogP contribution is 2.32. The maximum atomic E-state index is 12.6. The zero-order valence-corrected chi connectivity index (χ0v) is 12.8. The summed E-state index contributed by atoms with van der Waals surface area (Å²) in [6.07, 6.45) is 4.22. The van der Waals surface area contributed by atoms with Crippen LogP contribution >= 0.6 is 0 Å². The van der Waals surface area contributed by atoms with E-state index in [2.05, 4.69) is 10.3 Å². The van der Waals surface area contributed by atoms with Crippen molar-refractivity contribution in [3.63, 3.8) is 0 Å². The number of aromatic nitrogens is 1. The van der Waals surface area contributed by atoms with Crippen LogP contribution in [-0.4, -0.2) is 41.9 Å². The Kier molecular flexibility index (Phi) is 4.23.